The van der Waals surface area contributed by atoms with Gasteiger partial charge in [-0.25, -0.2) is 0 Å². The maximum absolute atomic E-state index is 13.0. The minimum Gasteiger partial charge on any atom is -0.386 e. The van der Waals surface area contributed by atoms with E-state index in [1.165, 1.54) is 51.4 Å². The lowest BCUT2D eigenvalue weighted by Gasteiger charge is -2.18. The van der Waals surface area contributed by atoms with Gasteiger partial charge in [0.25, 0.3) is 5.92 Å². The molecule has 0 aliphatic carbocycles. The lowest BCUT2D eigenvalue weighted by atomic mass is 10.0. The fraction of sp³-hybridized carbons (Fsp3) is 0.882. The van der Waals surface area contributed by atoms with Gasteiger partial charge in [-0.15, -0.1) is 0 Å². The molecule has 0 heterocycles. The lowest BCUT2D eigenvalue weighted by molar-refractivity contribution is -0.0730. The van der Waals surface area contributed by atoms with Gasteiger partial charge in [-0.05, 0) is 12.5 Å². The fourth-order valence-corrected chi connectivity index (χ4v) is 2.33. The van der Waals surface area contributed by atoms with E-state index in [1.54, 1.807) is 0 Å². The molecule has 0 amide bonds. The monoisotopic (exact) mass is 290 g/mol. The SMILES string of the molecule is C=CC(F)(F)C(O)CCCCCCCCCCCCC. The zero-order valence-electron chi connectivity index (χ0n) is 13.1. The van der Waals surface area contributed by atoms with Crippen LogP contribution in [0, 0.1) is 0 Å². The number of rotatable bonds is 14. The summed E-state index contributed by atoms with van der Waals surface area (Å²) in [4.78, 5) is 0. The molecular formula is C17H32F2O. The van der Waals surface area contributed by atoms with Gasteiger partial charge < -0.3 is 5.11 Å². The number of unbranched alkanes of at least 4 members (excludes halogenated alkanes) is 10. The maximum Gasteiger partial charge on any atom is 0.291 e. The summed E-state index contributed by atoms with van der Waals surface area (Å²) in [5.74, 6) is -3.14. The average molecular weight is 290 g/mol. The number of alkyl halides is 2. The van der Waals surface area contributed by atoms with Crippen molar-refractivity contribution in [3.63, 3.8) is 0 Å². The first-order valence-corrected chi connectivity index (χ1v) is 8.24. The van der Waals surface area contributed by atoms with Crippen LogP contribution in [0.15, 0.2) is 12.7 Å². The van der Waals surface area contributed by atoms with Crippen molar-refractivity contribution in [2.24, 2.45) is 0 Å². The molecule has 0 saturated heterocycles. The third-order valence-electron chi connectivity index (χ3n) is 3.80. The van der Waals surface area contributed by atoms with E-state index in [-0.39, 0.29) is 6.42 Å². The van der Waals surface area contributed by atoms with Crippen LogP contribution in [0.1, 0.15) is 84.0 Å². The Morgan fingerprint density at radius 3 is 1.70 bits per heavy atom. The van der Waals surface area contributed by atoms with Gasteiger partial charge in [0.15, 0.2) is 0 Å². The molecule has 0 fully saturated rings. The van der Waals surface area contributed by atoms with E-state index in [0.717, 1.165) is 12.8 Å². The van der Waals surface area contributed by atoms with E-state index in [4.69, 9.17) is 0 Å². The van der Waals surface area contributed by atoms with Crippen LogP contribution >= 0.6 is 0 Å². The quantitative estimate of drug-likeness (QED) is 0.313. The Balaban J connectivity index is 3.27. The molecule has 0 saturated carbocycles. The highest BCUT2D eigenvalue weighted by atomic mass is 19.3. The van der Waals surface area contributed by atoms with E-state index in [9.17, 15) is 13.9 Å². The molecule has 0 bridgehead atoms. The summed E-state index contributed by atoms with van der Waals surface area (Å²) in [5.41, 5.74) is 0. The second-order valence-electron chi connectivity index (χ2n) is 5.72. The molecule has 0 aromatic carbocycles. The molecule has 1 atom stereocenters. The van der Waals surface area contributed by atoms with Crippen LogP contribution in [0.25, 0.3) is 0 Å². The van der Waals surface area contributed by atoms with Crippen molar-refractivity contribution >= 4 is 0 Å². The third-order valence-corrected chi connectivity index (χ3v) is 3.80. The second-order valence-corrected chi connectivity index (χ2v) is 5.72. The standard InChI is InChI=1S/C17H32F2O/c1-3-5-6-7-8-9-10-11-12-13-14-15-16(20)17(18,19)4-2/h4,16,20H,2-3,5-15H2,1H3. The Hall–Kier alpha value is -0.440. The topological polar surface area (TPSA) is 20.2 Å². The molecule has 20 heavy (non-hydrogen) atoms. The Labute approximate surface area is 123 Å². The summed E-state index contributed by atoms with van der Waals surface area (Å²) in [6.45, 7) is 5.27. The molecule has 1 nitrogen and oxygen atoms in total. The Kier molecular flexibility index (Phi) is 12.0. The molecule has 1 N–H and O–H groups in total. The minimum atomic E-state index is -3.14. The summed E-state index contributed by atoms with van der Waals surface area (Å²) in [7, 11) is 0. The van der Waals surface area contributed by atoms with Crippen LogP contribution in [0.2, 0.25) is 0 Å². The van der Waals surface area contributed by atoms with Crippen molar-refractivity contribution in [3.05, 3.63) is 12.7 Å². The molecule has 0 aromatic heterocycles. The Morgan fingerprint density at radius 2 is 1.30 bits per heavy atom. The maximum atomic E-state index is 13.0. The molecule has 0 rings (SSSR count). The van der Waals surface area contributed by atoms with Gasteiger partial charge in [0, 0.05) is 0 Å². The van der Waals surface area contributed by atoms with Crippen LogP contribution < -0.4 is 0 Å². The van der Waals surface area contributed by atoms with Crippen molar-refractivity contribution in [1.82, 2.24) is 0 Å². The van der Waals surface area contributed by atoms with Crippen LogP contribution in [0.4, 0.5) is 8.78 Å². The smallest absolute Gasteiger partial charge is 0.291 e. The van der Waals surface area contributed by atoms with E-state index >= 15 is 0 Å². The predicted octanol–water partition coefficient (Wildman–Crippen LogP) is 5.87. The van der Waals surface area contributed by atoms with Gasteiger partial charge >= 0.3 is 0 Å². The van der Waals surface area contributed by atoms with Crippen LogP contribution in [-0.4, -0.2) is 17.1 Å². The van der Waals surface area contributed by atoms with Gasteiger partial charge in [0.05, 0.1) is 0 Å². The van der Waals surface area contributed by atoms with Crippen LogP contribution in [0.5, 0.6) is 0 Å². The predicted molar refractivity (Wildman–Crippen MR) is 82.2 cm³/mol. The van der Waals surface area contributed by atoms with Gasteiger partial charge in [0.1, 0.15) is 6.10 Å². The minimum absolute atomic E-state index is 0.163. The normalized spacial score (nSPS) is 13.4. The molecule has 0 radical (unpaired) electrons. The zero-order chi connectivity index (χ0) is 15.3. The summed E-state index contributed by atoms with van der Waals surface area (Å²) < 4.78 is 26.0. The highest BCUT2D eigenvalue weighted by Crippen LogP contribution is 2.24. The summed E-state index contributed by atoms with van der Waals surface area (Å²) in [6.07, 6.45) is 12.2. The van der Waals surface area contributed by atoms with E-state index in [2.05, 4.69) is 13.5 Å². The van der Waals surface area contributed by atoms with Crippen molar-refractivity contribution in [1.29, 1.82) is 0 Å². The van der Waals surface area contributed by atoms with Crippen molar-refractivity contribution in [2.45, 2.75) is 96.0 Å². The fourth-order valence-electron chi connectivity index (χ4n) is 2.33. The van der Waals surface area contributed by atoms with Crippen molar-refractivity contribution < 1.29 is 13.9 Å². The molecule has 0 aliphatic rings. The van der Waals surface area contributed by atoms with Gasteiger partial charge in [0.2, 0.25) is 0 Å². The van der Waals surface area contributed by atoms with Crippen LogP contribution in [0.3, 0.4) is 0 Å². The summed E-state index contributed by atoms with van der Waals surface area (Å²) in [6, 6.07) is 0. The number of aliphatic hydroxyl groups is 1. The highest BCUT2D eigenvalue weighted by molar-refractivity contribution is 4.92. The van der Waals surface area contributed by atoms with E-state index < -0.39 is 12.0 Å². The average Bonchev–Trinajstić information content (AvgIpc) is 2.44. The molecule has 1 unspecified atom stereocenters. The summed E-state index contributed by atoms with van der Waals surface area (Å²) in [5, 5.41) is 9.30. The van der Waals surface area contributed by atoms with Crippen molar-refractivity contribution in [3.8, 4) is 0 Å². The first-order valence-electron chi connectivity index (χ1n) is 8.24. The van der Waals surface area contributed by atoms with Gasteiger partial charge in [-0.3, -0.25) is 0 Å². The zero-order valence-corrected chi connectivity index (χ0v) is 13.1. The van der Waals surface area contributed by atoms with Gasteiger partial charge in [-0.1, -0.05) is 84.1 Å². The van der Waals surface area contributed by atoms with Gasteiger partial charge in [-0.2, -0.15) is 8.78 Å². The highest BCUT2D eigenvalue weighted by Gasteiger charge is 2.33. The largest absolute Gasteiger partial charge is 0.386 e. The number of halogens is 2. The molecule has 0 aromatic rings. The summed E-state index contributed by atoms with van der Waals surface area (Å²) >= 11 is 0. The molecule has 0 aliphatic heterocycles. The Bertz CT molecular complexity index is 229. The Morgan fingerprint density at radius 1 is 0.900 bits per heavy atom. The molecule has 3 heteroatoms. The third kappa shape index (κ3) is 10.4. The molecular weight excluding hydrogens is 258 g/mol. The number of aliphatic hydroxyl groups excluding tert-OH is 1. The number of hydrogen-bond acceptors (Lipinski definition) is 1. The van der Waals surface area contributed by atoms with Crippen molar-refractivity contribution in [2.75, 3.05) is 0 Å². The molecule has 120 valence electrons. The number of hydrogen-bond donors (Lipinski definition) is 1. The molecule has 0 spiro atoms. The second kappa shape index (κ2) is 12.3. The first-order chi connectivity index (χ1) is 9.54. The van der Waals surface area contributed by atoms with E-state index in [0.29, 0.717) is 12.5 Å². The lowest BCUT2D eigenvalue weighted by Crippen LogP contribution is -2.30. The first kappa shape index (κ1) is 19.6. The van der Waals surface area contributed by atoms with Crippen LogP contribution in [-0.2, 0) is 0 Å². The van der Waals surface area contributed by atoms with E-state index in [1.807, 2.05) is 0 Å².